The van der Waals surface area contributed by atoms with Crippen LogP contribution in [0.2, 0.25) is 0 Å². The van der Waals surface area contributed by atoms with Gasteiger partial charge in [0, 0.05) is 42.4 Å². The molecular weight excluding hydrogens is 1740 g/mol. The summed E-state index contributed by atoms with van der Waals surface area (Å²) < 4.78 is 121. The molecule has 3 aliphatic carbocycles. The van der Waals surface area contributed by atoms with Gasteiger partial charge in [0.25, 0.3) is 5.92 Å². The summed E-state index contributed by atoms with van der Waals surface area (Å²) in [5.74, 6) is -11.8. The molecule has 134 heavy (non-hydrogen) atoms. The fourth-order valence-electron chi connectivity index (χ4n) is 18.9. The molecule has 9 heterocycles. The summed E-state index contributed by atoms with van der Waals surface area (Å²) in [6.45, 7) is 26.9. The molecule has 3 aromatic heterocycles. The molecule has 34 heteroatoms. The zero-order chi connectivity index (χ0) is 95.2. The summed E-state index contributed by atoms with van der Waals surface area (Å²) in [4.78, 5) is 151. The second-order valence-corrected chi connectivity index (χ2v) is 41.2. The van der Waals surface area contributed by atoms with E-state index in [-0.39, 0.29) is 157 Å². The molecule has 3 amide bonds. The number of carbonyl (C=O) groups is 9. The third-order valence-corrected chi connectivity index (χ3v) is 27.1. The minimum absolute atomic E-state index is 0. The second-order valence-electron chi connectivity index (χ2n) is 41.2. The first-order valence-corrected chi connectivity index (χ1v) is 46.0. The number of fused-ring (bicyclic) bond motifs is 15. The third-order valence-electron chi connectivity index (χ3n) is 27.1. The van der Waals surface area contributed by atoms with E-state index in [4.69, 9.17) is 52.4 Å². The number of esters is 4. The van der Waals surface area contributed by atoms with E-state index in [0.717, 1.165) is 38.5 Å². The highest BCUT2D eigenvalue weighted by atomic mass is 19.3. The van der Waals surface area contributed by atoms with Crippen LogP contribution in [0.1, 0.15) is 271 Å². The maximum Gasteiger partial charge on any atom is 0.329 e. The predicted octanol–water partition coefficient (Wildman–Crippen LogP) is 17.9. The Bertz CT molecular complexity index is 5250. The lowest BCUT2D eigenvalue weighted by atomic mass is 9.77. The summed E-state index contributed by atoms with van der Waals surface area (Å²) in [5, 5.41) is 20.4. The van der Waals surface area contributed by atoms with Gasteiger partial charge in [-0.2, -0.15) is 8.78 Å². The van der Waals surface area contributed by atoms with Crippen molar-refractivity contribution in [2.75, 3.05) is 41.0 Å². The van der Waals surface area contributed by atoms with Crippen LogP contribution in [0.25, 0.3) is 33.1 Å². The van der Waals surface area contributed by atoms with E-state index < -0.39 is 178 Å². The molecule has 20 atom stereocenters. The number of hydrogen-bond acceptors (Lipinski definition) is 25. The van der Waals surface area contributed by atoms with E-state index in [2.05, 4.69) is 24.9 Å². The molecule has 6 aliphatic heterocycles. The lowest BCUT2D eigenvalue weighted by Gasteiger charge is -2.35. The number of methoxy groups -OCH3 is 3. The van der Waals surface area contributed by atoms with Gasteiger partial charge in [-0.1, -0.05) is 137 Å². The number of ether oxygens (including phenoxy) is 10. The monoisotopic (exact) mass is 1880 g/mol. The number of carbonyl (C=O) groups excluding carboxylic acids is 7. The van der Waals surface area contributed by atoms with Crippen LogP contribution in [0, 0.1) is 69.5 Å². The van der Waals surface area contributed by atoms with Gasteiger partial charge in [-0.3, -0.25) is 28.8 Å². The van der Waals surface area contributed by atoms with Crippen LogP contribution < -0.4 is 28.4 Å². The van der Waals surface area contributed by atoms with Gasteiger partial charge >= 0.3 is 35.8 Å². The fraction of sp³-hybridized carbons (Fsp3) is 0.670. The molecule has 0 spiro atoms. The Kier molecular flexibility index (Phi) is 33.4. The summed E-state index contributed by atoms with van der Waals surface area (Å²) in [7, 11) is 4.55. The van der Waals surface area contributed by atoms with E-state index in [1.165, 1.54) is 28.9 Å². The first-order chi connectivity index (χ1) is 61.6. The number of hydrogen-bond donors (Lipinski definition) is 2. The molecule has 738 valence electrons. The van der Waals surface area contributed by atoms with Crippen molar-refractivity contribution in [2.45, 2.75) is 320 Å². The van der Waals surface area contributed by atoms with E-state index in [9.17, 15) is 53.4 Å². The number of aliphatic carboxylic acids is 2. The number of aromatic nitrogens is 6. The van der Waals surface area contributed by atoms with Crippen LogP contribution >= 0.6 is 0 Å². The molecule has 3 saturated carbocycles. The fourth-order valence-corrected chi connectivity index (χ4v) is 18.9. The van der Waals surface area contributed by atoms with Crippen molar-refractivity contribution in [1.82, 2.24) is 44.6 Å². The van der Waals surface area contributed by atoms with Gasteiger partial charge in [-0.05, 0) is 149 Å². The molecule has 2 unspecified atom stereocenters. The van der Waals surface area contributed by atoms with Crippen LogP contribution in [0.15, 0.2) is 54.6 Å². The number of rotatable bonds is 6. The van der Waals surface area contributed by atoms with Gasteiger partial charge in [-0.25, -0.2) is 53.1 Å². The zero-order valence-corrected chi connectivity index (χ0v) is 78.3. The van der Waals surface area contributed by atoms with Crippen molar-refractivity contribution < 1.29 is 118 Å². The molecule has 3 saturated heterocycles. The average Bonchev–Trinajstić information content (AvgIpc) is 1.60. The average molecular weight is 1880 g/mol. The largest absolute Gasteiger partial charge is 0.497 e. The molecule has 15 rings (SSSR count). The van der Waals surface area contributed by atoms with Crippen LogP contribution in [-0.4, -0.2) is 210 Å². The highest BCUT2D eigenvalue weighted by Gasteiger charge is 2.57. The molecule has 30 nitrogen and oxygen atoms in total. The Labute approximate surface area is 783 Å². The highest BCUT2D eigenvalue weighted by Crippen LogP contribution is 2.49. The Morgan fingerprint density at radius 1 is 0.410 bits per heavy atom. The second kappa shape index (κ2) is 42.4. The lowest BCUT2D eigenvalue weighted by molar-refractivity contribution is -0.166. The number of benzene rings is 3. The lowest BCUT2D eigenvalue weighted by Crippen LogP contribution is -2.50. The summed E-state index contributed by atoms with van der Waals surface area (Å²) in [6, 6.07) is 11.5. The predicted molar refractivity (Wildman–Crippen MR) is 490 cm³/mol. The Morgan fingerprint density at radius 2 is 0.716 bits per heavy atom. The quantitative estimate of drug-likeness (QED) is 0.0888. The summed E-state index contributed by atoms with van der Waals surface area (Å²) >= 11 is 0. The molecule has 9 aliphatic rings. The van der Waals surface area contributed by atoms with Crippen LogP contribution in [-0.2, 0) is 68.0 Å². The van der Waals surface area contributed by atoms with Crippen molar-refractivity contribution in [3.05, 3.63) is 71.7 Å². The van der Waals surface area contributed by atoms with Crippen LogP contribution in [0.5, 0.6) is 34.9 Å². The number of alkyl halides is 4. The molecule has 6 aromatic rings. The number of halogens is 4. The normalized spacial score (nSPS) is 29.4. The molecule has 6 bridgehead atoms. The Morgan fingerprint density at radius 3 is 1.04 bits per heavy atom. The van der Waals surface area contributed by atoms with Crippen molar-refractivity contribution in [2.24, 2.45) is 69.5 Å². The van der Waals surface area contributed by atoms with E-state index in [1.807, 2.05) is 69.2 Å². The number of carboxylic acid groups (broad SMARTS) is 2. The van der Waals surface area contributed by atoms with E-state index in [0.29, 0.717) is 71.4 Å². The van der Waals surface area contributed by atoms with Crippen molar-refractivity contribution in [1.29, 1.82) is 0 Å². The Balaban J connectivity index is 0.000000206. The first kappa shape index (κ1) is 105. The van der Waals surface area contributed by atoms with Gasteiger partial charge in [-0.15, -0.1) is 0 Å². The Hall–Kier alpha value is -10.6. The van der Waals surface area contributed by atoms with Crippen molar-refractivity contribution >= 4 is 86.6 Å². The maximum absolute atomic E-state index is 16.0. The van der Waals surface area contributed by atoms with E-state index in [1.54, 1.807) is 96.3 Å². The maximum atomic E-state index is 16.0. The molecular formula is C100H139F4N9O21. The topological polar surface area (TPSA) is 373 Å². The van der Waals surface area contributed by atoms with Gasteiger partial charge < -0.3 is 72.3 Å². The minimum Gasteiger partial charge on any atom is -0.497 e. The molecule has 2 N–H and O–H groups in total. The standard InChI is InChI=1S/C35H48FN3O7.C31H39F2N3O7.C31H40FN3O7.3CH4/c1-19-27-18-39(30(19)33(42)46-35(5,6)7)32(41)22(34(2,3)4)17-28(40)44-26-15-20(26)11-9-10-12-23(36)29-31(45-27)38-25-16-21(43-8)13-14-24(25)37-29;1-16-23-15-36(25(16)29(39)40)28(38)19(30(2,3)4)14-24(37)42-22-12-17(22)8-6-7-11-31(32,33)26-27(43-23)35-21-13-18(41-5)9-10-20(21)34-26;1-16-24-15-35(27(16)30(38)39)29(37)19(31(2,3)4)14-25(36)41-23-12-17(23)8-6-7-9-20(32)26-28(42-24)34-22-13-18(40-5)10-11-21(22)33-26;;;/h13-14,16,19-20,22-23,26-27,30H,9-12,15,17-18H2,1-8H3;9-10,13,16-17,19,22-23,25H,6-8,11-12,14-15H2,1-5H3,(H,39,40);10-11,13,16-17,19-20,23-24,27H,6-9,12,14-15H2,1-5H3,(H,38,39);3*1H4/t19-,20-,22-,23?,26-,27+,30+;16-,17-,19-,22-,23+,25+;16-,17-,19-,20?,23-,24+,27+;;;/m111.../s1. The van der Waals surface area contributed by atoms with Gasteiger partial charge in [0.2, 0.25) is 35.4 Å². The molecule has 6 fully saturated rings. The summed E-state index contributed by atoms with van der Waals surface area (Å²) in [6.07, 6.45) is 1.37. The summed E-state index contributed by atoms with van der Waals surface area (Å²) in [5.41, 5.74) is -0.797. The zero-order valence-electron chi connectivity index (χ0n) is 78.3. The molecule has 0 radical (unpaired) electrons. The smallest absolute Gasteiger partial charge is 0.329 e. The SMILES string of the molecule is C.C.C.COc1ccc2nc3c(nc2c1)O[C@H]1CN(C(=O)[C@H](C(C)(C)C)CC(=O)O[C@@H]2C[C@H]2CCCCC3(F)F)[C@H](C(=O)O)[C@@H]1C.COc1ccc2nc3c(nc2c1)O[C@H]1CN(C(=O)[C@H](C(C)(C)C)CC(=O)O[C@@H]2C[C@H]2CCCCC3F)[C@H](C(=O)O)[C@@H]1C.COc1ccc2nc3c(nc2c1)O[C@H]1CN(C(=O)[C@H](C(C)(C)C)CC(=O)O[C@@H]2C[C@H]2CCCCC3F)[C@H](C(=O)OC(C)(C)C)[C@@H]1C. The third kappa shape index (κ3) is 24.6. The molecule has 3 aromatic carbocycles. The van der Waals surface area contributed by atoms with Crippen LogP contribution in [0.4, 0.5) is 17.6 Å². The van der Waals surface area contributed by atoms with Crippen LogP contribution in [0.3, 0.4) is 0 Å². The van der Waals surface area contributed by atoms with E-state index >= 15 is 17.6 Å². The number of amides is 3. The number of carboxylic acids is 2. The van der Waals surface area contributed by atoms with Crippen molar-refractivity contribution in [3.63, 3.8) is 0 Å². The first-order valence-electron chi connectivity index (χ1n) is 46.0. The highest BCUT2D eigenvalue weighted by molar-refractivity contribution is 5.92. The van der Waals surface area contributed by atoms with Gasteiger partial charge in [0.1, 0.15) is 101 Å². The minimum atomic E-state index is -3.39. The van der Waals surface area contributed by atoms with Crippen molar-refractivity contribution in [3.8, 4) is 34.9 Å². The van der Waals surface area contributed by atoms with Gasteiger partial charge in [0.05, 0.1) is 111 Å². The number of nitrogens with zero attached hydrogens (tertiary/aromatic N) is 9. The van der Waals surface area contributed by atoms with Gasteiger partial charge in [0.15, 0.2) is 5.69 Å².